The molecule has 0 heterocycles. The van der Waals surface area contributed by atoms with Gasteiger partial charge in [0.15, 0.2) is 6.04 Å². The minimum atomic E-state index is -0.985. The first-order valence-electron chi connectivity index (χ1n) is 10.8. The van der Waals surface area contributed by atoms with Crippen molar-refractivity contribution in [3.05, 3.63) is 108 Å². The molecule has 0 unspecified atom stereocenters. The Balaban J connectivity index is 1.57. The molecule has 172 valence electrons. The molecule has 0 saturated carbocycles. The Hall–Kier alpha value is -4.32. The molecule has 4 rings (SSSR count). The van der Waals surface area contributed by atoms with Crippen LogP contribution in [-0.2, 0) is 16.1 Å². The number of nitrogens with one attached hydrogen (secondary N) is 1. The van der Waals surface area contributed by atoms with Gasteiger partial charge in [0.1, 0.15) is 18.1 Å². The topological polar surface area (TPSA) is 73.9 Å². The molecule has 1 N–H and O–H groups in total. The van der Waals surface area contributed by atoms with E-state index < -0.39 is 17.9 Å². The molecule has 1 amide bonds. The van der Waals surface area contributed by atoms with Gasteiger partial charge in [0.2, 0.25) is 0 Å². The number of fused-ring (bicyclic) bond motifs is 1. The summed E-state index contributed by atoms with van der Waals surface area (Å²) in [5.41, 5.74) is 1.81. The lowest BCUT2D eigenvalue weighted by Crippen LogP contribution is -2.35. The van der Waals surface area contributed by atoms with Crippen LogP contribution in [0.15, 0.2) is 91.0 Å². The van der Waals surface area contributed by atoms with Gasteiger partial charge in [0.05, 0.1) is 14.2 Å². The maximum Gasteiger partial charge on any atom is 0.333 e. The third-order valence-corrected chi connectivity index (χ3v) is 5.51. The molecule has 6 nitrogen and oxygen atoms in total. The molecule has 0 fully saturated rings. The molecule has 4 aromatic rings. The highest BCUT2D eigenvalue weighted by atomic mass is 16.5. The SMILES string of the molecule is COc1cc(OC)cc(C(=O)N[C@@H](C(=O)OCc2cccc3ccccc23)c2ccccc2)c1. The van der Waals surface area contributed by atoms with E-state index in [1.807, 2.05) is 48.5 Å². The number of hydrogen-bond acceptors (Lipinski definition) is 5. The second-order valence-corrected chi connectivity index (χ2v) is 7.66. The van der Waals surface area contributed by atoms with Crippen molar-refractivity contribution in [3.63, 3.8) is 0 Å². The lowest BCUT2D eigenvalue weighted by molar-refractivity contribution is -0.147. The molecule has 0 spiro atoms. The lowest BCUT2D eigenvalue weighted by Gasteiger charge is -2.19. The zero-order valence-corrected chi connectivity index (χ0v) is 19.0. The zero-order chi connectivity index (χ0) is 23.9. The summed E-state index contributed by atoms with van der Waals surface area (Å²) < 4.78 is 16.2. The monoisotopic (exact) mass is 455 g/mol. The van der Waals surface area contributed by atoms with Crippen molar-refractivity contribution < 1.29 is 23.8 Å². The number of benzene rings is 4. The Morgan fingerprint density at radius 1 is 0.794 bits per heavy atom. The number of carbonyl (C=O) groups is 2. The van der Waals surface area contributed by atoms with Gasteiger partial charge in [-0.1, -0.05) is 72.8 Å². The molecule has 0 bridgehead atoms. The van der Waals surface area contributed by atoms with Gasteiger partial charge in [-0.25, -0.2) is 4.79 Å². The van der Waals surface area contributed by atoms with Gasteiger partial charge in [-0.15, -0.1) is 0 Å². The largest absolute Gasteiger partial charge is 0.497 e. The van der Waals surface area contributed by atoms with Gasteiger partial charge in [0, 0.05) is 11.6 Å². The number of ether oxygens (including phenoxy) is 3. The van der Waals surface area contributed by atoms with Crippen molar-refractivity contribution in [3.8, 4) is 11.5 Å². The van der Waals surface area contributed by atoms with Crippen LogP contribution in [0.2, 0.25) is 0 Å². The first-order valence-corrected chi connectivity index (χ1v) is 10.8. The smallest absolute Gasteiger partial charge is 0.333 e. The summed E-state index contributed by atoms with van der Waals surface area (Å²) in [5, 5.41) is 4.88. The second-order valence-electron chi connectivity index (χ2n) is 7.66. The highest BCUT2D eigenvalue weighted by Crippen LogP contribution is 2.24. The normalized spacial score (nSPS) is 11.5. The van der Waals surface area contributed by atoms with Crippen molar-refractivity contribution in [1.82, 2.24) is 5.32 Å². The maximum absolute atomic E-state index is 13.2. The highest BCUT2D eigenvalue weighted by Gasteiger charge is 2.25. The van der Waals surface area contributed by atoms with Gasteiger partial charge in [0.25, 0.3) is 5.91 Å². The molecule has 34 heavy (non-hydrogen) atoms. The van der Waals surface area contributed by atoms with E-state index in [0.717, 1.165) is 16.3 Å². The van der Waals surface area contributed by atoms with E-state index in [0.29, 0.717) is 22.6 Å². The summed E-state index contributed by atoms with van der Waals surface area (Å²) in [5.74, 6) is -0.0610. The summed E-state index contributed by atoms with van der Waals surface area (Å²) >= 11 is 0. The molecule has 0 saturated heterocycles. The van der Waals surface area contributed by atoms with E-state index in [-0.39, 0.29) is 6.61 Å². The molecule has 1 atom stereocenters. The number of carbonyl (C=O) groups excluding carboxylic acids is 2. The molecular formula is C28H25NO5. The van der Waals surface area contributed by atoms with Crippen LogP contribution in [0, 0.1) is 0 Å². The predicted molar refractivity (Wildman–Crippen MR) is 130 cm³/mol. The van der Waals surface area contributed by atoms with Crippen LogP contribution in [0.25, 0.3) is 10.8 Å². The van der Waals surface area contributed by atoms with Crippen LogP contribution in [0.5, 0.6) is 11.5 Å². The zero-order valence-electron chi connectivity index (χ0n) is 19.0. The van der Waals surface area contributed by atoms with Gasteiger partial charge in [-0.05, 0) is 34.0 Å². The van der Waals surface area contributed by atoms with Crippen molar-refractivity contribution in [2.75, 3.05) is 14.2 Å². The predicted octanol–water partition coefficient (Wildman–Crippen LogP) is 5.07. The van der Waals surface area contributed by atoms with Crippen LogP contribution in [0.3, 0.4) is 0 Å². The number of hydrogen-bond donors (Lipinski definition) is 1. The standard InChI is InChI=1S/C28H25NO5/c1-32-23-15-22(16-24(17-23)33-2)27(30)29-26(20-10-4-3-5-11-20)28(31)34-18-21-13-8-12-19-9-6-7-14-25(19)21/h3-17,26H,18H2,1-2H3,(H,29,30)/t26-/m1/s1. The quantitative estimate of drug-likeness (QED) is 0.376. The molecule has 4 aromatic carbocycles. The molecule has 0 aliphatic rings. The summed E-state index contributed by atoms with van der Waals surface area (Å²) in [6, 6.07) is 26.6. The molecule has 6 heteroatoms. The number of methoxy groups -OCH3 is 2. The van der Waals surface area contributed by atoms with Crippen molar-refractivity contribution in [2.24, 2.45) is 0 Å². The fourth-order valence-electron chi connectivity index (χ4n) is 3.73. The van der Waals surface area contributed by atoms with E-state index in [9.17, 15) is 9.59 Å². The summed E-state index contributed by atoms with van der Waals surface area (Å²) in [6.45, 7) is 0.0897. The molecule has 0 aromatic heterocycles. The molecule has 0 aliphatic heterocycles. The fourth-order valence-corrected chi connectivity index (χ4v) is 3.73. The average molecular weight is 456 g/mol. The average Bonchev–Trinajstić information content (AvgIpc) is 2.90. The van der Waals surface area contributed by atoms with E-state index >= 15 is 0 Å². The Morgan fingerprint density at radius 3 is 2.15 bits per heavy atom. The lowest BCUT2D eigenvalue weighted by atomic mass is 10.0. The summed E-state index contributed by atoms with van der Waals surface area (Å²) in [7, 11) is 3.02. The highest BCUT2D eigenvalue weighted by molar-refractivity contribution is 5.97. The first-order chi connectivity index (χ1) is 16.6. The maximum atomic E-state index is 13.2. The van der Waals surface area contributed by atoms with Gasteiger partial charge in [-0.2, -0.15) is 0 Å². The minimum Gasteiger partial charge on any atom is -0.497 e. The molecule has 0 radical (unpaired) electrons. The van der Waals surface area contributed by atoms with Crippen molar-refractivity contribution >= 4 is 22.6 Å². The van der Waals surface area contributed by atoms with Crippen LogP contribution >= 0.6 is 0 Å². The van der Waals surface area contributed by atoms with Crippen LogP contribution < -0.4 is 14.8 Å². The fraction of sp³-hybridized carbons (Fsp3) is 0.143. The summed E-state index contributed by atoms with van der Waals surface area (Å²) in [4.78, 5) is 26.3. The van der Waals surface area contributed by atoms with Crippen molar-refractivity contribution in [2.45, 2.75) is 12.6 Å². The Bertz CT molecular complexity index is 1280. The van der Waals surface area contributed by atoms with Crippen LogP contribution in [0.4, 0.5) is 0 Å². The van der Waals surface area contributed by atoms with Gasteiger partial charge in [-0.3, -0.25) is 4.79 Å². The Morgan fingerprint density at radius 2 is 1.44 bits per heavy atom. The first kappa shape index (κ1) is 22.9. The number of rotatable bonds is 8. The van der Waals surface area contributed by atoms with Crippen molar-refractivity contribution in [1.29, 1.82) is 0 Å². The minimum absolute atomic E-state index is 0.0897. The third-order valence-electron chi connectivity index (χ3n) is 5.51. The van der Waals surface area contributed by atoms with E-state index in [4.69, 9.17) is 14.2 Å². The number of amides is 1. The van der Waals surface area contributed by atoms with E-state index in [1.165, 1.54) is 14.2 Å². The van der Waals surface area contributed by atoms with Gasteiger partial charge >= 0.3 is 5.97 Å². The van der Waals surface area contributed by atoms with E-state index in [2.05, 4.69) is 5.32 Å². The Labute approximate surface area is 198 Å². The van der Waals surface area contributed by atoms with Gasteiger partial charge < -0.3 is 19.5 Å². The second kappa shape index (κ2) is 10.5. The third kappa shape index (κ3) is 5.18. The summed E-state index contributed by atoms with van der Waals surface area (Å²) in [6.07, 6.45) is 0. The molecular weight excluding hydrogens is 430 g/mol. The van der Waals surface area contributed by atoms with Crippen LogP contribution in [-0.4, -0.2) is 26.1 Å². The Kier molecular flexibility index (Phi) is 7.08. The number of esters is 1. The van der Waals surface area contributed by atoms with Crippen LogP contribution in [0.1, 0.15) is 27.5 Å². The molecule has 0 aliphatic carbocycles. The van der Waals surface area contributed by atoms with E-state index in [1.54, 1.807) is 42.5 Å².